The minimum atomic E-state index is -4.01. The Bertz CT molecular complexity index is 1010. The lowest BCUT2D eigenvalue weighted by Crippen LogP contribution is -2.31. The molecule has 0 atom stereocenters. The van der Waals surface area contributed by atoms with Crippen LogP contribution in [0.25, 0.3) is 0 Å². The maximum absolute atomic E-state index is 12.8. The second kappa shape index (κ2) is 8.58. The van der Waals surface area contributed by atoms with Crippen molar-refractivity contribution >= 4 is 33.5 Å². The minimum absolute atomic E-state index is 0.00908. The molecule has 0 fully saturated rings. The molecule has 1 N–H and O–H groups in total. The fraction of sp³-hybridized carbons (Fsp3) is 0.267. The van der Waals surface area contributed by atoms with Gasteiger partial charge in [-0.15, -0.1) is 0 Å². The van der Waals surface area contributed by atoms with E-state index in [9.17, 15) is 28.6 Å². The molecule has 1 aromatic carbocycles. The molecule has 0 bridgehead atoms. The van der Waals surface area contributed by atoms with Gasteiger partial charge in [0.1, 0.15) is 9.82 Å². The predicted molar refractivity (Wildman–Crippen MR) is 99.8 cm³/mol. The highest BCUT2D eigenvalue weighted by Gasteiger charge is 2.27. The summed E-state index contributed by atoms with van der Waals surface area (Å²) in [6.07, 6.45) is 1.11. The van der Waals surface area contributed by atoms with Crippen LogP contribution in [0.15, 0.2) is 44.7 Å². The summed E-state index contributed by atoms with van der Waals surface area (Å²) in [5.74, 6) is -0.407. The molecular weight excluding hydrogens is 394 g/mol. The van der Waals surface area contributed by atoms with Crippen LogP contribution in [-0.2, 0) is 10.0 Å². The topological polar surface area (TPSA) is 161 Å². The highest BCUT2D eigenvalue weighted by Crippen LogP contribution is 2.29. The van der Waals surface area contributed by atoms with Gasteiger partial charge in [-0.25, -0.2) is 8.42 Å². The van der Waals surface area contributed by atoms with Gasteiger partial charge in [0.2, 0.25) is 10.0 Å². The van der Waals surface area contributed by atoms with Crippen LogP contribution >= 0.6 is 0 Å². The maximum Gasteiger partial charge on any atom is 0.433 e. The average molecular weight is 411 g/mol. The van der Waals surface area contributed by atoms with Gasteiger partial charge in [0, 0.05) is 25.2 Å². The predicted octanol–water partition coefficient (Wildman–Crippen LogP) is 2.57. The van der Waals surface area contributed by atoms with E-state index in [-0.39, 0.29) is 35.1 Å². The van der Waals surface area contributed by atoms with Crippen LogP contribution < -0.4 is 5.43 Å². The highest BCUT2D eigenvalue weighted by molar-refractivity contribution is 7.89. The number of hydrogen-bond donors (Lipinski definition) is 1. The van der Waals surface area contributed by atoms with E-state index >= 15 is 0 Å². The largest absolute Gasteiger partial charge is 0.433 e. The standard InChI is InChI=1S/C15H17N5O7S/c1-3-18(4-2)28(25,26)14-9-11(19(21)22)5-7-13(14)17-16-10-12-6-8-15(27-12)20(23)24/h5-10,17H,3-4H2,1-2H3/b16-10-. The molecule has 0 aliphatic carbocycles. The second-order valence-electron chi connectivity index (χ2n) is 5.33. The molecule has 0 saturated carbocycles. The number of nitro benzene ring substituents is 1. The fourth-order valence-electron chi connectivity index (χ4n) is 2.31. The summed E-state index contributed by atoms with van der Waals surface area (Å²) in [6.45, 7) is 3.65. The Balaban J connectivity index is 2.38. The van der Waals surface area contributed by atoms with E-state index in [1.165, 1.54) is 12.1 Å². The van der Waals surface area contributed by atoms with Gasteiger partial charge in [-0.1, -0.05) is 13.8 Å². The van der Waals surface area contributed by atoms with Crippen LogP contribution in [0.2, 0.25) is 0 Å². The van der Waals surface area contributed by atoms with E-state index in [2.05, 4.69) is 10.5 Å². The average Bonchev–Trinajstić information content (AvgIpc) is 3.11. The zero-order chi connectivity index (χ0) is 20.9. The van der Waals surface area contributed by atoms with E-state index in [4.69, 9.17) is 4.42 Å². The van der Waals surface area contributed by atoms with Gasteiger partial charge >= 0.3 is 5.88 Å². The van der Waals surface area contributed by atoms with E-state index in [0.717, 1.165) is 28.7 Å². The number of furan rings is 1. The van der Waals surface area contributed by atoms with E-state index in [1.807, 2.05) is 0 Å². The quantitative estimate of drug-likeness (QED) is 0.374. The number of benzene rings is 1. The first kappa shape index (κ1) is 21.0. The van der Waals surface area contributed by atoms with Crippen molar-refractivity contribution in [2.24, 2.45) is 5.10 Å². The van der Waals surface area contributed by atoms with Crippen molar-refractivity contribution in [2.45, 2.75) is 18.7 Å². The number of rotatable bonds is 9. The third-order valence-electron chi connectivity index (χ3n) is 3.67. The maximum atomic E-state index is 12.8. The second-order valence-corrected chi connectivity index (χ2v) is 7.24. The molecule has 13 heteroatoms. The third kappa shape index (κ3) is 4.50. The number of hydrogen-bond acceptors (Lipinski definition) is 9. The summed E-state index contributed by atoms with van der Waals surface area (Å²) in [4.78, 5) is 19.9. The molecule has 0 unspecified atom stereocenters. The van der Waals surface area contributed by atoms with Crippen LogP contribution in [0.5, 0.6) is 0 Å². The molecule has 1 aromatic heterocycles. The number of non-ortho nitro benzene ring substituents is 1. The summed E-state index contributed by atoms with van der Waals surface area (Å²) in [6, 6.07) is 5.76. The van der Waals surface area contributed by atoms with Gasteiger partial charge in [0.15, 0.2) is 5.76 Å². The number of anilines is 1. The molecular formula is C15H17N5O7S. The lowest BCUT2D eigenvalue weighted by atomic mass is 10.3. The summed E-state index contributed by atoms with van der Waals surface area (Å²) in [7, 11) is -4.01. The zero-order valence-electron chi connectivity index (χ0n) is 14.9. The zero-order valence-corrected chi connectivity index (χ0v) is 15.7. The van der Waals surface area contributed by atoms with E-state index in [0.29, 0.717) is 0 Å². The molecule has 0 radical (unpaired) electrons. The Labute approximate surface area is 159 Å². The van der Waals surface area contributed by atoms with Gasteiger partial charge in [0.05, 0.1) is 22.9 Å². The molecule has 2 rings (SSSR count). The number of nitrogens with zero attached hydrogens (tertiary/aromatic N) is 4. The molecule has 0 saturated heterocycles. The van der Waals surface area contributed by atoms with Crippen LogP contribution in [0.1, 0.15) is 19.6 Å². The van der Waals surface area contributed by atoms with Crippen LogP contribution in [0.4, 0.5) is 17.3 Å². The van der Waals surface area contributed by atoms with Crippen LogP contribution in [0, 0.1) is 20.2 Å². The molecule has 0 aliphatic heterocycles. The molecule has 0 aliphatic rings. The Kier molecular flexibility index (Phi) is 6.43. The Morgan fingerprint density at radius 3 is 2.36 bits per heavy atom. The Morgan fingerprint density at radius 1 is 1.14 bits per heavy atom. The third-order valence-corrected chi connectivity index (χ3v) is 5.76. The molecule has 0 spiro atoms. The first-order valence-corrected chi connectivity index (χ1v) is 9.46. The number of nitro groups is 2. The molecule has 1 heterocycles. The van der Waals surface area contributed by atoms with Crippen molar-refractivity contribution in [1.29, 1.82) is 0 Å². The Hall–Kier alpha value is -3.32. The van der Waals surface area contributed by atoms with Gasteiger partial charge in [0.25, 0.3) is 5.69 Å². The van der Waals surface area contributed by atoms with Crippen molar-refractivity contribution in [3.8, 4) is 0 Å². The summed E-state index contributed by atoms with van der Waals surface area (Å²) < 4.78 is 31.7. The SMILES string of the molecule is CCN(CC)S(=O)(=O)c1cc([N+](=O)[O-])ccc1N/N=C\c1ccc([N+](=O)[O-])o1. The number of hydrazone groups is 1. The monoisotopic (exact) mass is 411 g/mol. The lowest BCUT2D eigenvalue weighted by molar-refractivity contribution is -0.402. The fourth-order valence-corrected chi connectivity index (χ4v) is 3.93. The first-order chi connectivity index (χ1) is 13.2. The molecule has 0 amide bonds. The summed E-state index contributed by atoms with van der Waals surface area (Å²) in [5, 5.41) is 25.4. The van der Waals surface area contributed by atoms with Crippen molar-refractivity contribution in [2.75, 3.05) is 18.5 Å². The normalized spacial score (nSPS) is 11.8. The van der Waals surface area contributed by atoms with Gasteiger partial charge in [-0.2, -0.15) is 9.41 Å². The highest BCUT2D eigenvalue weighted by atomic mass is 32.2. The smallest absolute Gasteiger partial charge is 0.400 e. The van der Waals surface area contributed by atoms with Crippen molar-refractivity contribution in [1.82, 2.24) is 4.31 Å². The minimum Gasteiger partial charge on any atom is -0.400 e. The Morgan fingerprint density at radius 2 is 1.82 bits per heavy atom. The van der Waals surface area contributed by atoms with Crippen LogP contribution in [-0.4, -0.2) is 41.9 Å². The van der Waals surface area contributed by atoms with E-state index < -0.39 is 25.8 Å². The van der Waals surface area contributed by atoms with Crippen LogP contribution in [0.3, 0.4) is 0 Å². The summed E-state index contributed by atoms with van der Waals surface area (Å²) in [5.41, 5.74) is 2.11. The van der Waals surface area contributed by atoms with Gasteiger partial charge in [-0.3, -0.25) is 25.7 Å². The van der Waals surface area contributed by atoms with Crippen molar-refractivity contribution in [3.63, 3.8) is 0 Å². The first-order valence-electron chi connectivity index (χ1n) is 8.02. The molecule has 12 nitrogen and oxygen atoms in total. The van der Waals surface area contributed by atoms with E-state index in [1.54, 1.807) is 13.8 Å². The number of sulfonamides is 1. The van der Waals surface area contributed by atoms with Gasteiger partial charge < -0.3 is 4.42 Å². The summed E-state index contributed by atoms with van der Waals surface area (Å²) >= 11 is 0. The van der Waals surface area contributed by atoms with Gasteiger partial charge in [-0.05, 0) is 12.1 Å². The molecule has 28 heavy (non-hydrogen) atoms. The number of nitrogens with one attached hydrogen (secondary N) is 1. The van der Waals surface area contributed by atoms with Crippen molar-refractivity contribution in [3.05, 3.63) is 56.3 Å². The lowest BCUT2D eigenvalue weighted by Gasteiger charge is -2.20. The van der Waals surface area contributed by atoms with Crippen molar-refractivity contribution < 1.29 is 22.7 Å². The molecule has 150 valence electrons. The molecule has 2 aromatic rings.